The molecule has 1 amide bonds. The van der Waals surface area contributed by atoms with Gasteiger partial charge in [0.05, 0.1) is 17.3 Å². The van der Waals surface area contributed by atoms with Crippen molar-refractivity contribution in [2.24, 2.45) is 5.92 Å². The number of carbonyl (C=O) groups excluding carboxylic acids is 1. The molecule has 156 valence electrons. The van der Waals surface area contributed by atoms with Crippen molar-refractivity contribution in [1.82, 2.24) is 14.9 Å². The molecule has 0 N–H and O–H groups in total. The van der Waals surface area contributed by atoms with E-state index >= 15 is 0 Å². The molecule has 0 saturated carbocycles. The molecule has 31 heavy (non-hydrogen) atoms. The number of hydrogen-bond donors (Lipinski definition) is 0. The molecule has 0 bridgehead atoms. The molecule has 0 spiro atoms. The predicted octanol–water partition coefficient (Wildman–Crippen LogP) is 3.81. The van der Waals surface area contributed by atoms with Crippen LogP contribution >= 0.6 is 0 Å². The van der Waals surface area contributed by atoms with E-state index in [0.717, 1.165) is 43.0 Å². The fourth-order valence-corrected chi connectivity index (χ4v) is 4.18. The molecule has 1 aliphatic rings. The van der Waals surface area contributed by atoms with Gasteiger partial charge in [0, 0.05) is 38.4 Å². The molecular weight excluding hydrogens is 386 g/mol. The van der Waals surface area contributed by atoms with Crippen LogP contribution in [0, 0.1) is 17.2 Å². The molecule has 4 rings (SSSR count). The van der Waals surface area contributed by atoms with Crippen molar-refractivity contribution in [3.05, 3.63) is 89.9 Å². The Morgan fingerprint density at radius 3 is 2.42 bits per heavy atom. The number of nitriles is 1. The molecule has 2 aromatic heterocycles. The van der Waals surface area contributed by atoms with Crippen molar-refractivity contribution in [3.8, 4) is 6.07 Å². The summed E-state index contributed by atoms with van der Waals surface area (Å²) < 4.78 is 0. The maximum Gasteiger partial charge on any atom is 0.226 e. The summed E-state index contributed by atoms with van der Waals surface area (Å²) in [6, 6.07) is 21.4. The standard InChI is InChI=1S/C25H25N5O/c1-29(24(20-7-3-2-4-8-20)22-9-5-6-14-27-22)25(31)21-12-15-30(16-13-21)23-11-10-19(17-26)18-28-23/h2-11,14,18,21,24H,12-13,15-16H2,1H3/t24-/m0/s1. The fraction of sp³-hybridized carbons (Fsp3) is 0.280. The number of amides is 1. The molecule has 1 saturated heterocycles. The molecule has 1 atom stereocenters. The smallest absolute Gasteiger partial charge is 0.226 e. The van der Waals surface area contributed by atoms with E-state index in [1.807, 2.05) is 66.5 Å². The normalized spacial score (nSPS) is 15.2. The topological polar surface area (TPSA) is 73.1 Å². The molecule has 0 unspecified atom stereocenters. The van der Waals surface area contributed by atoms with E-state index < -0.39 is 0 Å². The summed E-state index contributed by atoms with van der Waals surface area (Å²) in [6.45, 7) is 1.53. The van der Waals surface area contributed by atoms with E-state index in [1.54, 1.807) is 18.5 Å². The van der Waals surface area contributed by atoms with E-state index in [2.05, 4.69) is 20.9 Å². The van der Waals surface area contributed by atoms with Crippen LogP contribution < -0.4 is 4.90 Å². The first-order valence-corrected chi connectivity index (χ1v) is 10.5. The highest BCUT2D eigenvalue weighted by Crippen LogP contribution is 2.30. The summed E-state index contributed by atoms with van der Waals surface area (Å²) in [5.41, 5.74) is 2.47. The largest absolute Gasteiger partial charge is 0.357 e. The lowest BCUT2D eigenvalue weighted by Crippen LogP contribution is -2.43. The fourth-order valence-electron chi connectivity index (χ4n) is 4.18. The Morgan fingerprint density at radius 2 is 1.81 bits per heavy atom. The highest BCUT2D eigenvalue weighted by atomic mass is 16.2. The first-order valence-electron chi connectivity index (χ1n) is 10.5. The molecule has 1 fully saturated rings. The van der Waals surface area contributed by atoms with Gasteiger partial charge in [0.25, 0.3) is 0 Å². The van der Waals surface area contributed by atoms with Gasteiger partial charge in [0.1, 0.15) is 11.9 Å². The lowest BCUT2D eigenvalue weighted by Gasteiger charge is -2.36. The summed E-state index contributed by atoms with van der Waals surface area (Å²) in [5.74, 6) is 0.968. The van der Waals surface area contributed by atoms with Crippen LogP contribution in [0.25, 0.3) is 0 Å². The van der Waals surface area contributed by atoms with Gasteiger partial charge in [-0.15, -0.1) is 0 Å². The van der Waals surface area contributed by atoms with Crippen LogP contribution in [0.3, 0.4) is 0 Å². The molecule has 6 heteroatoms. The number of carbonyl (C=O) groups is 1. The van der Waals surface area contributed by atoms with Crippen LogP contribution in [0.5, 0.6) is 0 Å². The Morgan fingerprint density at radius 1 is 1.06 bits per heavy atom. The minimum absolute atomic E-state index is 0.0328. The zero-order valence-electron chi connectivity index (χ0n) is 17.6. The third-order valence-electron chi connectivity index (χ3n) is 5.86. The summed E-state index contributed by atoms with van der Waals surface area (Å²) in [5, 5.41) is 8.95. The van der Waals surface area contributed by atoms with E-state index in [-0.39, 0.29) is 17.9 Å². The second-order valence-electron chi connectivity index (χ2n) is 7.80. The minimum Gasteiger partial charge on any atom is -0.357 e. The van der Waals surface area contributed by atoms with Gasteiger partial charge >= 0.3 is 0 Å². The number of hydrogen-bond acceptors (Lipinski definition) is 5. The Kier molecular flexibility index (Phi) is 6.23. The molecule has 3 heterocycles. The Bertz CT molecular complexity index is 999. The quantitative estimate of drug-likeness (QED) is 0.638. The van der Waals surface area contributed by atoms with Crippen molar-refractivity contribution in [2.75, 3.05) is 25.0 Å². The average molecular weight is 412 g/mol. The number of benzene rings is 1. The van der Waals surface area contributed by atoms with Crippen LogP contribution in [0.4, 0.5) is 5.82 Å². The maximum absolute atomic E-state index is 13.4. The molecule has 6 nitrogen and oxygen atoms in total. The maximum atomic E-state index is 13.4. The number of rotatable bonds is 5. The molecule has 3 aromatic rings. The third kappa shape index (κ3) is 4.56. The summed E-state index contributed by atoms with van der Waals surface area (Å²) >= 11 is 0. The SMILES string of the molecule is CN(C(=O)C1CCN(c2ccc(C#N)cn2)CC1)[C@@H](c1ccccc1)c1ccccn1. The molecule has 1 aliphatic heterocycles. The Hall–Kier alpha value is -3.72. The van der Waals surface area contributed by atoms with E-state index in [4.69, 9.17) is 5.26 Å². The van der Waals surface area contributed by atoms with Crippen molar-refractivity contribution >= 4 is 11.7 Å². The number of piperidine rings is 1. The van der Waals surface area contributed by atoms with Crippen molar-refractivity contribution in [2.45, 2.75) is 18.9 Å². The first-order chi connectivity index (χ1) is 15.2. The van der Waals surface area contributed by atoms with Crippen LogP contribution in [-0.4, -0.2) is 40.9 Å². The first kappa shape index (κ1) is 20.5. The zero-order chi connectivity index (χ0) is 21.6. The van der Waals surface area contributed by atoms with Gasteiger partial charge in [-0.1, -0.05) is 36.4 Å². The summed E-state index contributed by atoms with van der Waals surface area (Å²) in [4.78, 5) is 26.4. The van der Waals surface area contributed by atoms with Crippen LogP contribution in [0.2, 0.25) is 0 Å². The monoisotopic (exact) mass is 411 g/mol. The van der Waals surface area contributed by atoms with Gasteiger partial charge in [0.2, 0.25) is 5.91 Å². The van der Waals surface area contributed by atoms with Gasteiger partial charge in [-0.05, 0) is 42.7 Å². The number of aromatic nitrogens is 2. The Labute approximate surface area is 182 Å². The summed E-state index contributed by atoms with van der Waals surface area (Å²) in [7, 11) is 1.88. The third-order valence-corrected chi connectivity index (χ3v) is 5.86. The van der Waals surface area contributed by atoms with E-state index in [0.29, 0.717) is 5.56 Å². The number of pyridine rings is 2. The highest BCUT2D eigenvalue weighted by Gasteiger charge is 2.32. The van der Waals surface area contributed by atoms with Crippen molar-refractivity contribution < 1.29 is 4.79 Å². The van der Waals surface area contributed by atoms with Gasteiger partial charge in [-0.25, -0.2) is 4.98 Å². The molecular formula is C25H25N5O. The second kappa shape index (κ2) is 9.40. The molecule has 1 aromatic carbocycles. The molecule has 0 aliphatic carbocycles. The van der Waals surface area contributed by atoms with Crippen molar-refractivity contribution in [1.29, 1.82) is 5.26 Å². The average Bonchev–Trinajstić information content (AvgIpc) is 2.85. The van der Waals surface area contributed by atoms with E-state index in [1.165, 1.54) is 0 Å². The number of anilines is 1. The van der Waals surface area contributed by atoms with Crippen molar-refractivity contribution in [3.63, 3.8) is 0 Å². The van der Waals surface area contributed by atoms with Gasteiger partial charge in [0.15, 0.2) is 0 Å². The lowest BCUT2D eigenvalue weighted by atomic mass is 9.93. The lowest BCUT2D eigenvalue weighted by molar-refractivity contribution is -0.136. The van der Waals surface area contributed by atoms with Crippen LogP contribution in [0.15, 0.2) is 73.1 Å². The number of nitrogens with zero attached hydrogens (tertiary/aromatic N) is 5. The predicted molar refractivity (Wildman–Crippen MR) is 119 cm³/mol. The van der Waals surface area contributed by atoms with E-state index in [9.17, 15) is 4.79 Å². The second-order valence-corrected chi connectivity index (χ2v) is 7.80. The highest BCUT2D eigenvalue weighted by molar-refractivity contribution is 5.80. The zero-order valence-corrected chi connectivity index (χ0v) is 17.6. The van der Waals surface area contributed by atoms with Crippen LogP contribution in [-0.2, 0) is 4.79 Å². The van der Waals surface area contributed by atoms with Gasteiger partial charge in [-0.2, -0.15) is 5.26 Å². The van der Waals surface area contributed by atoms with Crippen LogP contribution in [0.1, 0.15) is 35.7 Å². The minimum atomic E-state index is -0.215. The molecule has 0 radical (unpaired) electrons. The summed E-state index contributed by atoms with van der Waals surface area (Å²) in [6.07, 6.45) is 4.91. The van der Waals surface area contributed by atoms with Gasteiger partial charge < -0.3 is 9.80 Å². The Balaban J connectivity index is 1.47. The van der Waals surface area contributed by atoms with Gasteiger partial charge in [-0.3, -0.25) is 9.78 Å².